The van der Waals surface area contributed by atoms with Crippen molar-refractivity contribution >= 4 is 23.2 Å². The second kappa shape index (κ2) is 4.97. The average molecular weight is 261 g/mol. The molecule has 2 rings (SSSR count). The maximum atomic E-state index is 11.6. The van der Waals surface area contributed by atoms with E-state index in [0.29, 0.717) is 5.01 Å². The summed E-state index contributed by atoms with van der Waals surface area (Å²) < 4.78 is 0. The number of carbonyl (C=O) groups excluding carboxylic acids is 2. The lowest BCUT2D eigenvalue weighted by Crippen LogP contribution is -2.22. The molecule has 0 unspecified atom stereocenters. The maximum absolute atomic E-state index is 11.6. The van der Waals surface area contributed by atoms with Crippen LogP contribution >= 0.6 is 11.3 Å². The molecule has 1 heterocycles. The van der Waals surface area contributed by atoms with E-state index in [0.717, 1.165) is 16.9 Å². The fourth-order valence-corrected chi connectivity index (χ4v) is 2.38. The van der Waals surface area contributed by atoms with Gasteiger partial charge in [0.05, 0.1) is 0 Å². The average Bonchev–Trinajstić information content (AvgIpc) is 2.84. The lowest BCUT2D eigenvalue weighted by atomic mass is 10.2. The van der Waals surface area contributed by atoms with Gasteiger partial charge in [0, 0.05) is 12.6 Å². The molecule has 0 fully saturated rings. The molecule has 18 heavy (non-hydrogen) atoms. The topological polar surface area (TPSA) is 85.1 Å². The van der Waals surface area contributed by atoms with Gasteiger partial charge in [0.2, 0.25) is 0 Å². The SMILES string of the molecule is CNC(=O)c1nc(-c2ccccc2)sc1C(N)=O. The molecule has 0 bridgehead atoms. The molecule has 1 aromatic heterocycles. The number of amides is 2. The molecule has 3 N–H and O–H groups in total. The molecule has 0 aliphatic carbocycles. The molecule has 0 atom stereocenters. The molecule has 0 saturated heterocycles. The van der Waals surface area contributed by atoms with E-state index in [9.17, 15) is 9.59 Å². The van der Waals surface area contributed by atoms with Crippen molar-refractivity contribution in [2.45, 2.75) is 0 Å². The monoisotopic (exact) mass is 261 g/mol. The summed E-state index contributed by atoms with van der Waals surface area (Å²) in [6, 6.07) is 9.32. The van der Waals surface area contributed by atoms with Gasteiger partial charge in [0.1, 0.15) is 9.88 Å². The van der Waals surface area contributed by atoms with Gasteiger partial charge in [0.25, 0.3) is 11.8 Å². The third kappa shape index (κ3) is 2.23. The molecule has 0 saturated carbocycles. The van der Waals surface area contributed by atoms with Crippen molar-refractivity contribution in [3.8, 4) is 10.6 Å². The molecular weight excluding hydrogens is 250 g/mol. The third-order valence-corrected chi connectivity index (χ3v) is 3.43. The van der Waals surface area contributed by atoms with Crippen LogP contribution < -0.4 is 11.1 Å². The molecular formula is C12H11N3O2S. The van der Waals surface area contributed by atoms with E-state index in [1.165, 1.54) is 7.05 Å². The fourth-order valence-electron chi connectivity index (χ4n) is 1.46. The second-order valence-electron chi connectivity index (χ2n) is 3.51. The Labute approximate surface area is 108 Å². The van der Waals surface area contributed by atoms with Crippen molar-refractivity contribution in [2.75, 3.05) is 7.05 Å². The zero-order chi connectivity index (χ0) is 13.1. The van der Waals surface area contributed by atoms with Crippen LogP contribution in [0.2, 0.25) is 0 Å². The summed E-state index contributed by atoms with van der Waals surface area (Å²) in [7, 11) is 1.48. The van der Waals surface area contributed by atoms with E-state index in [-0.39, 0.29) is 10.6 Å². The number of aromatic nitrogens is 1. The summed E-state index contributed by atoms with van der Waals surface area (Å²) in [5.41, 5.74) is 6.17. The Hall–Kier alpha value is -2.21. The van der Waals surface area contributed by atoms with E-state index < -0.39 is 11.8 Å². The minimum absolute atomic E-state index is 0.0776. The zero-order valence-corrected chi connectivity index (χ0v) is 10.5. The first-order valence-corrected chi connectivity index (χ1v) is 6.03. The number of rotatable bonds is 3. The molecule has 2 amide bonds. The highest BCUT2D eigenvalue weighted by molar-refractivity contribution is 7.17. The number of hydrogen-bond donors (Lipinski definition) is 2. The Kier molecular flexibility index (Phi) is 3.38. The summed E-state index contributed by atoms with van der Waals surface area (Å²) in [4.78, 5) is 27.3. The number of carbonyl (C=O) groups is 2. The highest BCUT2D eigenvalue weighted by atomic mass is 32.1. The van der Waals surface area contributed by atoms with Gasteiger partial charge in [-0.2, -0.15) is 0 Å². The largest absolute Gasteiger partial charge is 0.365 e. The molecule has 0 spiro atoms. The van der Waals surface area contributed by atoms with E-state index >= 15 is 0 Å². The molecule has 92 valence electrons. The predicted octanol–water partition coefficient (Wildman–Crippen LogP) is 1.27. The van der Waals surface area contributed by atoms with Crippen molar-refractivity contribution in [1.82, 2.24) is 10.3 Å². The van der Waals surface area contributed by atoms with Crippen LogP contribution in [0.15, 0.2) is 30.3 Å². The lowest BCUT2D eigenvalue weighted by molar-refractivity contribution is 0.0941. The Balaban J connectivity index is 2.53. The van der Waals surface area contributed by atoms with Crippen LogP contribution in [0, 0.1) is 0 Å². The molecule has 1 aromatic carbocycles. The van der Waals surface area contributed by atoms with Crippen molar-refractivity contribution in [3.05, 3.63) is 40.9 Å². The maximum Gasteiger partial charge on any atom is 0.271 e. The second-order valence-corrected chi connectivity index (χ2v) is 4.51. The molecule has 0 aliphatic rings. The van der Waals surface area contributed by atoms with E-state index in [4.69, 9.17) is 5.73 Å². The summed E-state index contributed by atoms with van der Waals surface area (Å²) in [5, 5.41) is 3.04. The predicted molar refractivity (Wildman–Crippen MR) is 69.5 cm³/mol. The van der Waals surface area contributed by atoms with Gasteiger partial charge in [0.15, 0.2) is 5.69 Å². The van der Waals surface area contributed by atoms with Gasteiger partial charge in [-0.05, 0) is 0 Å². The number of primary amides is 1. The minimum Gasteiger partial charge on any atom is -0.365 e. The van der Waals surface area contributed by atoms with Crippen molar-refractivity contribution in [3.63, 3.8) is 0 Å². The van der Waals surface area contributed by atoms with Crippen LogP contribution in [0.3, 0.4) is 0 Å². The molecule has 0 aliphatic heterocycles. The van der Waals surface area contributed by atoms with Gasteiger partial charge < -0.3 is 11.1 Å². The van der Waals surface area contributed by atoms with Crippen LogP contribution in [0.5, 0.6) is 0 Å². The molecule has 2 aromatic rings. The smallest absolute Gasteiger partial charge is 0.271 e. The van der Waals surface area contributed by atoms with Gasteiger partial charge in [-0.1, -0.05) is 30.3 Å². The quantitative estimate of drug-likeness (QED) is 0.872. The number of thiazole rings is 1. The first-order chi connectivity index (χ1) is 8.63. The minimum atomic E-state index is -0.645. The van der Waals surface area contributed by atoms with Crippen LogP contribution in [0.25, 0.3) is 10.6 Å². The van der Waals surface area contributed by atoms with Gasteiger partial charge in [-0.15, -0.1) is 11.3 Å². The Morgan fingerprint density at radius 2 is 1.94 bits per heavy atom. The summed E-state index contributed by atoms with van der Waals surface area (Å²) in [6.45, 7) is 0. The Bertz CT molecular complexity index is 593. The molecule has 0 radical (unpaired) electrons. The van der Waals surface area contributed by atoms with Crippen molar-refractivity contribution in [2.24, 2.45) is 5.73 Å². The van der Waals surface area contributed by atoms with Crippen LogP contribution in [0.1, 0.15) is 20.2 Å². The van der Waals surface area contributed by atoms with Crippen LogP contribution in [-0.2, 0) is 0 Å². The summed E-state index contributed by atoms with van der Waals surface area (Å²) in [6.07, 6.45) is 0. The van der Waals surface area contributed by atoms with Gasteiger partial charge >= 0.3 is 0 Å². The highest BCUT2D eigenvalue weighted by Crippen LogP contribution is 2.27. The standard InChI is InChI=1S/C12H11N3O2S/c1-14-11(17)8-9(10(13)16)18-12(15-8)7-5-3-2-4-6-7/h2-6H,1H3,(H2,13,16)(H,14,17). The summed E-state index contributed by atoms with van der Waals surface area (Å²) >= 11 is 1.12. The van der Waals surface area contributed by atoms with E-state index in [1.54, 1.807) is 0 Å². The fraction of sp³-hybridized carbons (Fsp3) is 0.0833. The van der Waals surface area contributed by atoms with Gasteiger partial charge in [-0.3, -0.25) is 9.59 Å². The molecule has 5 nitrogen and oxygen atoms in total. The van der Waals surface area contributed by atoms with E-state index in [2.05, 4.69) is 10.3 Å². The molecule has 6 heteroatoms. The zero-order valence-electron chi connectivity index (χ0n) is 9.64. The van der Waals surface area contributed by atoms with Crippen LogP contribution in [0.4, 0.5) is 0 Å². The number of nitrogens with zero attached hydrogens (tertiary/aromatic N) is 1. The normalized spacial score (nSPS) is 10.1. The van der Waals surface area contributed by atoms with Crippen LogP contribution in [-0.4, -0.2) is 23.8 Å². The third-order valence-electron chi connectivity index (χ3n) is 2.31. The Morgan fingerprint density at radius 3 is 2.50 bits per heavy atom. The van der Waals surface area contributed by atoms with E-state index in [1.807, 2.05) is 30.3 Å². The van der Waals surface area contributed by atoms with Gasteiger partial charge in [-0.25, -0.2) is 4.98 Å². The van der Waals surface area contributed by atoms with Crippen molar-refractivity contribution < 1.29 is 9.59 Å². The number of nitrogens with one attached hydrogen (secondary N) is 1. The summed E-state index contributed by atoms with van der Waals surface area (Å²) in [5.74, 6) is -1.06. The Morgan fingerprint density at radius 1 is 1.28 bits per heavy atom. The lowest BCUT2D eigenvalue weighted by Gasteiger charge is -1.95. The first kappa shape index (κ1) is 12.3. The first-order valence-electron chi connectivity index (χ1n) is 5.21. The highest BCUT2D eigenvalue weighted by Gasteiger charge is 2.21. The number of nitrogens with two attached hydrogens (primary N) is 1. The van der Waals surface area contributed by atoms with Crippen molar-refractivity contribution in [1.29, 1.82) is 0 Å². The number of benzene rings is 1. The number of hydrogen-bond acceptors (Lipinski definition) is 4.